The molecule has 2 N–H and O–H groups in total. The quantitative estimate of drug-likeness (QED) is 0.177. The fourth-order valence-corrected chi connectivity index (χ4v) is 7.46. The van der Waals surface area contributed by atoms with E-state index in [0.29, 0.717) is 0 Å². The maximum atomic E-state index is 6.58. The van der Waals surface area contributed by atoms with Gasteiger partial charge in [-0.05, 0) is 103 Å². The minimum absolute atomic E-state index is 0.762. The minimum atomic E-state index is 0.762. The van der Waals surface area contributed by atoms with Crippen LogP contribution in [0.15, 0.2) is 144 Å². The first-order valence-electron chi connectivity index (χ1n) is 17.1. The molecule has 4 heteroatoms. The van der Waals surface area contributed by atoms with Gasteiger partial charge in [-0.3, -0.25) is 0 Å². The molecule has 0 saturated carbocycles. The number of benzene rings is 6. The molecule has 0 fully saturated rings. The Morgan fingerprint density at radius 2 is 1.45 bits per heavy atom. The van der Waals surface area contributed by atoms with Gasteiger partial charge in [0.1, 0.15) is 11.0 Å². The van der Waals surface area contributed by atoms with Gasteiger partial charge < -0.3 is 19.6 Å². The summed E-state index contributed by atoms with van der Waals surface area (Å²) in [5.41, 5.74) is 17.1. The molecule has 6 aromatic carbocycles. The lowest BCUT2D eigenvalue weighted by atomic mass is 9.99. The zero-order valence-electron chi connectivity index (χ0n) is 28.2. The highest BCUT2D eigenvalue weighted by Crippen LogP contribution is 2.39. The monoisotopic (exact) mass is 637 g/mol. The first-order chi connectivity index (χ1) is 24.1. The van der Waals surface area contributed by atoms with Crippen LogP contribution in [0.3, 0.4) is 0 Å². The van der Waals surface area contributed by atoms with Crippen LogP contribution < -0.4 is 21.3 Å². The van der Waals surface area contributed by atoms with Crippen molar-refractivity contribution in [2.24, 2.45) is 0 Å². The van der Waals surface area contributed by atoms with Gasteiger partial charge >= 0.3 is 0 Å². The van der Waals surface area contributed by atoms with Gasteiger partial charge in [-0.2, -0.15) is 0 Å². The van der Waals surface area contributed by atoms with E-state index in [1.165, 1.54) is 43.8 Å². The average Bonchev–Trinajstić information content (AvgIpc) is 3.68. The van der Waals surface area contributed by atoms with Gasteiger partial charge in [0.15, 0.2) is 0 Å². The highest BCUT2D eigenvalue weighted by atomic mass is 16.3. The fourth-order valence-electron chi connectivity index (χ4n) is 7.46. The number of nitrogen functional groups attached to an aromatic ring is 1. The SMILES string of the molecule is C\C=C/C=c1/oc2ccc(-c3ccc4c(c3)c3c5ccccc5ccc3n4-c3ccccc3)cc2/c1=C(/CC)N(CC)c1ccccc1N. The molecule has 0 unspecified atom stereocenters. The number of rotatable bonds is 7. The minimum Gasteiger partial charge on any atom is -0.456 e. The van der Waals surface area contributed by atoms with Crippen molar-refractivity contribution >= 4 is 66.7 Å². The fraction of sp³-hybridized carbons (Fsp3) is 0.111. The van der Waals surface area contributed by atoms with E-state index in [4.69, 9.17) is 10.2 Å². The van der Waals surface area contributed by atoms with Crippen LogP contribution in [0.2, 0.25) is 0 Å². The van der Waals surface area contributed by atoms with Crippen molar-refractivity contribution in [2.45, 2.75) is 27.2 Å². The normalized spacial score (nSPS) is 13.0. The number of nitrogens with two attached hydrogens (primary N) is 1. The first kappa shape index (κ1) is 30.3. The van der Waals surface area contributed by atoms with Gasteiger partial charge in [0, 0.05) is 39.3 Å². The molecule has 49 heavy (non-hydrogen) atoms. The molecule has 8 aromatic rings. The molecule has 0 amide bonds. The summed E-state index contributed by atoms with van der Waals surface area (Å²) in [5.74, 6) is 0. The van der Waals surface area contributed by atoms with Crippen LogP contribution in [0, 0.1) is 0 Å². The third-order valence-corrected chi connectivity index (χ3v) is 9.65. The largest absolute Gasteiger partial charge is 0.456 e. The van der Waals surface area contributed by atoms with Crippen molar-refractivity contribution in [3.8, 4) is 16.8 Å². The van der Waals surface area contributed by atoms with Gasteiger partial charge in [-0.15, -0.1) is 0 Å². The van der Waals surface area contributed by atoms with Gasteiger partial charge in [-0.1, -0.05) is 91.9 Å². The van der Waals surface area contributed by atoms with Gasteiger partial charge in [0.05, 0.1) is 22.4 Å². The number of aromatic nitrogens is 1. The number of furan rings is 1. The summed E-state index contributed by atoms with van der Waals surface area (Å²) in [7, 11) is 0. The van der Waals surface area contributed by atoms with Gasteiger partial charge in [-0.25, -0.2) is 0 Å². The van der Waals surface area contributed by atoms with Crippen LogP contribution in [-0.4, -0.2) is 11.1 Å². The topological polar surface area (TPSA) is 47.3 Å². The van der Waals surface area contributed by atoms with E-state index in [9.17, 15) is 0 Å². The number of allylic oxidation sites excluding steroid dienone is 2. The number of fused-ring (bicyclic) bond motifs is 6. The first-order valence-corrected chi connectivity index (χ1v) is 17.1. The summed E-state index contributed by atoms with van der Waals surface area (Å²) in [5, 5.41) is 7.21. The van der Waals surface area contributed by atoms with E-state index in [-0.39, 0.29) is 0 Å². The number of para-hydroxylation sites is 3. The standard InChI is InChI=1S/C45H39N3O/c1-4-7-21-43-45(38(5-2)47(6-3)40-20-14-13-19-37(40)46)36-29-32(24-27-42(36)49-43)31-23-25-39-35(28-31)44-34-18-12-11-15-30(34)22-26-41(44)48(39)33-16-9-8-10-17-33/h4,7-29H,5-6,46H2,1-3H3/b7-4-,43-21+,45-38+. The van der Waals surface area contributed by atoms with E-state index in [1.807, 2.05) is 37.3 Å². The highest BCUT2D eigenvalue weighted by molar-refractivity contribution is 6.22. The summed E-state index contributed by atoms with van der Waals surface area (Å²) in [6, 6.07) is 45.4. The summed E-state index contributed by atoms with van der Waals surface area (Å²) >= 11 is 0. The zero-order valence-corrected chi connectivity index (χ0v) is 28.2. The molecule has 0 aliphatic rings. The number of hydrogen-bond donors (Lipinski definition) is 1. The number of anilines is 2. The Balaban J connectivity index is 1.41. The Hall–Kier alpha value is -6.00. The molecule has 0 radical (unpaired) electrons. The predicted molar refractivity (Wildman–Crippen MR) is 210 cm³/mol. The van der Waals surface area contributed by atoms with Crippen LogP contribution >= 0.6 is 0 Å². The Morgan fingerprint density at radius 3 is 2.22 bits per heavy atom. The van der Waals surface area contributed by atoms with Crippen LogP contribution in [0.5, 0.6) is 0 Å². The Labute approximate surface area is 286 Å². The van der Waals surface area contributed by atoms with Crippen molar-refractivity contribution in [3.63, 3.8) is 0 Å². The van der Waals surface area contributed by atoms with E-state index in [2.05, 4.69) is 139 Å². The number of nitrogens with zero attached hydrogens (tertiary/aromatic N) is 2. The molecule has 0 spiro atoms. The molecule has 8 rings (SSSR count). The Kier molecular flexibility index (Phi) is 7.77. The summed E-state index contributed by atoms with van der Waals surface area (Å²) in [6.45, 7) is 7.19. The molecule has 0 saturated heterocycles. The molecule has 0 atom stereocenters. The lowest BCUT2D eigenvalue weighted by Gasteiger charge is -2.27. The van der Waals surface area contributed by atoms with E-state index in [0.717, 1.165) is 57.2 Å². The second-order valence-electron chi connectivity index (χ2n) is 12.4. The van der Waals surface area contributed by atoms with Crippen molar-refractivity contribution in [1.82, 2.24) is 4.57 Å². The van der Waals surface area contributed by atoms with E-state index < -0.39 is 0 Å². The maximum absolute atomic E-state index is 6.58. The molecule has 0 aliphatic heterocycles. The maximum Gasteiger partial charge on any atom is 0.137 e. The van der Waals surface area contributed by atoms with Crippen LogP contribution in [0.1, 0.15) is 27.2 Å². The summed E-state index contributed by atoms with van der Waals surface area (Å²) in [6.07, 6.45) is 6.97. The third-order valence-electron chi connectivity index (χ3n) is 9.65. The van der Waals surface area contributed by atoms with E-state index >= 15 is 0 Å². The van der Waals surface area contributed by atoms with Crippen LogP contribution in [0.25, 0.3) is 72.1 Å². The smallest absolute Gasteiger partial charge is 0.137 e. The van der Waals surface area contributed by atoms with Crippen LogP contribution in [0.4, 0.5) is 11.4 Å². The predicted octanol–water partition coefficient (Wildman–Crippen LogP) is 10.3. The van der Waals surface area contributed by atoms with Crippen molar-refractivity contribution in [1.29, 1.82) is 0 Å². The lowest BCUT2D eigenvalue weighted by Crippen LogP contribution is -2.33. The second kappa shape index (κ2) is 12.6. The van der Waals surface area contributed by atoms with Crippen molar-refractivity contribution in [2.75, 3.05) is 17.2 Å². The van der Waals surface area contributed by atoms with Crippen LogP contribution in [-0.2, 0) is 0 Å². The van der Waals surface area contributed by atoms with E-state index in [1.54, 1.807) is 0 Å². The second-order valence-corrected chi connectivity index (χ2v) is 12.4. The molecular formula is C45H39N3O. The molecule has 0 bridgehead atoms. The van der Waals surface area contributed by atoms with Gasteiger partial charge in [0.25, 0.3) is 0 Å². The van der Waals surface area contributed by atoms with Gasteiger partial charge in [0.2, 0.25) is 0 Å². The third kappa shape index (κ3) is 5.08. The lowest BCUT2D eigenvalue weighted by molar-refractivity contribution is 0.575. The Bertz CT molecular complexity index is 2660. The summed E-state index contributed by atoms with van der Waals surface area (Å²) in [4.78, 5) is 2.33. The highest BCUT2D eigenvalue weighted by Gasteiger charge is 2.18. The van der Waals surface area contributed by atoms with Crippen molar-refractivity contribution < 1.29 is 4.42 Å². The zero-order chi connectivity index (χ0) is 33.5. The molecule has 2 heterocycles. The average molecular weight is 638 g/mol. The number of hydrogen-bond acceptors (Lipinski definition) is 3. The molecule has 0 aliphatic carbocycles. The molecule has 4 nitrogen and oxygen atoms in total. The molecule has 240 valence electrons. The van der Waals surface area contributed by atoms with Crippen molar-refractivity contribution in [3.05, 3.63) is 150 Å². The summed E-state index contributed by atoms with van der Waals surface area (Å²) < 4.78 is 8.96. The molecule has 2 aromatic heterocycles. The Morgan fingerprint density at radius 1 is 0.735 bits per heavy atom. The molecular weight excluding hydrogens is 599 g/mol.